The summed E-state index contributed by atoms with van der Waals surface area (Å²) in [5.74, 6) is 0. The summed E-state index contributed by atoms with van der Waals surface area (Å²) in [5, 5.41) is 4.07. The number of hydrazone groups is 1. The smallest absolute Gasteiger partial charge is 0.410 e. The van der Waals surface area contributed by atoms with E-state index >= 15 is 0 Å². The molecule has 1 aliphatic heterocycles. The summed E-state index contributed by atoms with van der Waals surface area (Å²) in [5.41, 5.74) is 1.02. The van der Waals surface area contributed by atoms with Gasteiger partial charge in [-0.05, 0) is 52.2 Å². The van der Waals surface area contributed by atoms with Crippen molar-refractivity contribution >= 4 is 21.8 Å². The van der Waals surface area contributed by atoms with Gasteiger partial charge < -0.3 is 9.64 Å². The number of benzene rings is 1. The van der Waals surface area contributed by atoms with Gasteiger partial charge >= 0.3 is 6.09 Å². The zero-order chi connectivity index (χ0) is 19.2. The summed E-state index contributed by atoms with van der Waals surface area (Å²) in [4.78, 5) is 16.2. The molecule has 1 spiro atoms. The lowest BCUT2D eigenvalue weighted by Gasteiger charge is -2.55. The number of hydrogen-bond acceptors (Lipinski definition) is 5. The molecular weight excluding hydrogens is 354 g/mol. The number of ether oxygens (including phenoxy) is 1. The summed E-state index contributed by atoms with van der Waals surface area (Å²) in [7, 11) is -3.65. The Balaban J connectivity index is 1.52. The zero-order valence-corrected chi connectivity index (χ0v) is 16.4. The fraction of sp³-hybridized carbons (Fsp3) is 0.556. The van der Waals surface area contributed by atoms with Crippen molar-refractivity contribution < 1.29 is 17.9 Å². The van der Waals surface area contributed by atoms with Crippen LogP contribution in [0.2, 0.25) is 0 Å². The van der Waals surface area contributed by atoms with Gasteiger partial charge in [0, 0.05) is 24.2 Å². The standard InChI is InChI=1S/C18H25N3O4S/c1-13-7-5-6-8-15(13)26(23,24)20-19-14-9-18(10-14)11-21(12-18)16(22)25-17(2,3)4/h5-8,20H,9-12H2,1-4H3. The maximum absolute atomic E-state index is 12.3. The van der Waals surface area contributed by atoms with Crippen LogP contribution in [0.15, 0.2) is 34.3 Å². The maximum atomic E-state index is 12.3. The quantitative estimate of drug-likeness (QED) is 0.818. The van der Waals surface area contributed by atoms with Crippen molar-refractivity contribution in [1.29, 1.82) is 0 Å². The number of aryl methyl sites for hydroxylation is 1. The molecule has 1 saturated carbocycles. The molecule has 26 heavy (non-hydrogen) atoms. The van der Waals surface area contributed by atoms with E-state index in [1.54, 1.807) is 36.1 Å². The molecular formula is C18H25N3O4S. The van der Waals surface area contributed by atoms with E-state index < -0.39 is 15.6 Å². The largest absolute Gasteiger partial charge is 0.444 e. The van der Waals surface area contributed by atoms with Crippen molar-refractivity contribution in [3.63, 3.8) is 0 Å². The van der Waals surface area contributed by atoms with Crippen molar-refractivity contribution in [3.8, 4) is 0 Å². The number of amides is 1. The number of carbonyl (C=O) groups excluding carboxylic acids is 1. The van der Waals surface area contributed by atoms with E-state index in [1.165, 1.54) is 0 Å². The van der Waals surface area contributed by atoms with Crippen LogP contribution in [0.25, 0.3) is 0 Å². The number of hydrogen-bond donors (Lipinski definition) is 1. The lowest BCUT2D eigenvalue weighted by Crippen LogP contribution is -2.64. The Hall–Kier alpha value is -2.09. The normalized spacial score (nSPS) is 18.8. The molecule has 0 radical (unpaired) electrons. The van der Waals surface area contributed by atoms with Gasteiger partial charge in [-0.25, -0.2) is 9.63 Å². The molecule has 0 aromatic heterocycles. The van der Waals surface area contributed by atoms with Gasteiger partial charge in [0.2, 0.25) is 0 Å². The van der Waals surface area contributed by atoms with E-state index in [0.29, 0.717) is 31.5 Å². The first-order valence-corrected chi connectivity index (χ1v) is 10.1. The lowest BCUT2D eigenvalue weighted by molar-refractivity contribution is -0.0387. The fourth-order valence-corrected chi connectivity index (χ4v) is 4.46. The van der Waals surface area contributed by atoms with Gasteiger partial charge in [0.1, 0.15) is 5.60 Å². The average molecular weight is 379 g/mol. The van der Waals surface area contributed by atoms with Gasteiger partial charge in [-0.1, -0.05) is 18.2 Å². The van der Waals surface area contributed by atoms with E-state index in [4.69, 9.17) is 4.74 Å². The molecule has 0 unspecified atom stereocenters. The first-order chi connectivity index (χ1) is 12.0. The highest BCUT2D eigenvalue weighted by Gasteiger charge is 2.53. The highest BCUT2D eigenvalue weighted by Crippen LogP contribution is 2.46. The molecule has 8 heteroatoms. The van der Waals surface area contributed by atoms with E-state index in [9.17, 15) is 13.2 Å². The second kappa shape index (κ2) is 6.26. The Morgan fingerprint density at radius 3 is 2.42 bits per heavy atom. The van der Waals surface area contributed by atoms with Gasteiger partial charge in [0.25, 0.3) is 10.0 Å². The molecule has 1 amide bonds. The van der Waals surface area contributed by atoms with Crippen LogP contribution in [0, 0.1) is 12.3 Å². The Bertz CT molecular complexity index is 839. The zero-order valence-electron chi connectivity index (χ0n) is 15.6. The molecule has 2 aliphatic rings. The molecule has 1 N–H and O–H groups in total. The van der Waals surface area contributed by atoms with E-state index in [1.807, 2.05) is 20.8 Å². The first kappa shape index (κ1) is 18.7. The fourth-order valence-electron chi connectivity index (χ4n) is 3.37. The minimum Gasteiger partial charge on any atom is -0.444 e. The summed E-state index contributed by atoms with van der Waals surface area (Å²) < 4.78 is 30.0. The van der Waals surface area contributed by atoms with Gasteiger partial charge in [-0.15, -0.1) is 0 Å². The minimum atomic E-state index is -3.65. The molecule has 1 aliphatic carbocycles. The van der Waals surface area contributed by atoms with E-state index in [0.717, 1.165) is 5.71 Å². The van der Waals surface area contributed by atoms with Crippen LogP contribution >= 0.6 is 0 Å². The predicted molar refractivity (Wildman–Crippen MR) is 98.4 cm³/mol. The number of sulfonamides is 1. The third-order valence-electron chi connectivity index (χ3n) is 4.57. The molecule has 7 nitrogen and oxygen atoms in total. The Labute approximate surface area is 154 Å². The van der Waals surface area contributed by atoms with Crippen molar-refractivity contribution in [1.82, 2.24) is 9.73 Å². The molecule has 0 bridgehead atoms. The van der Waals surface area contributed by atoms with E-state index in [-0.39, 0.29) is 16.4 Å². The summed E-state index contributed by atoms with van der Waals surface area (Å²) >= 11 is 0. The Kier molecular flexibility index (Phi) is 4.50. The van der Waals surface area contributed by atoms with Crippen LogP contribution in [-0.4, -0.2) is 43.8 Å². The van der Waals surface area contributed by atoms with Gasteiger partial charge in [-0.2, -0.15) is 13.5 Å². The Morgan fingerprint density at radius 2 is 1.85 bits per heavy atom. The summed E-state index contributed by atoms with van der Waals surface area (Å²) in [6, 6.07) is 6.79. The number of carbonyl (C=O) groups is 1. The Morgan fingerprint density at radius 1 is 1.23 bits per heavy atom. The van der Waals surface area contributed by atoms with Gasteiger partial charge in [-0.3, -0.25) is 0 Å². The predicted octanol–water partition coefficient (Wildman–Crippen LogP) is 2.66. The molecule has 1 heterocycles. The number of nitrogens with one attached hydrogen (secondary N) is 1. The SMILES string of the molecule is Cc1ccccc1S(=O)(=O)NN=C1CC2(C1)CN(C(=O)OC(C)(C)C)C2. The van der Waals surface area contributed by atoms with Gasteiger partial charge in [0.15, 0.2) is 0 Å². The van der Waals surface area contributed by atoms with Crippen LogP contribution in [0.3, 0.4) is 0 Å². The second-order valence-corrected chi connectivity index (χ2v) is 9.86. The molecule has 0 atom stereocenters. The third kappa shape index (κ3) is 3.85. The molecule has 1 aromatic carbocycles. The molecule has 1 aromatic rings. The lowest BCUT2D eigenvalue weighted by atomic mass is 9.62. The van der Waals surface area contributed by atoms with Crippen LogP contribution < -0.4 is 4.83 Å². The number of rotatable bonds is 3. The first-order valence-electron chi connectivity index (χ1n) is 8.61. The molecule has 2 fully saturated rings. The molecule has 3 rings (SSSR count). The van der Waals surface area contributed by atoms with Crippen LogP contribution in [-0.2, 0) is 14.8 Å². The summed E-state index contributed by atoms with van der Waals surface area (Å²) in [6.45, 7) is 8.54. The molecule has 142 valence electrons. The average Bonchev–Trinajstić information content (AvgIpc) is 2.42. The van der Waals surface area contributed by atoms with E-state index in [2.05, 4.69) is 9.93 Å². The third-order valence-corrected chi connectivity index (χ3v) is 5.94. The monoisotopic (exact) mass is 379 g/mol. The van der Waals surface area contributed by atoms with Crippen molar-refractivity contribution in [2.75, 3.05) is 13.1 Å². The highest BCUT2D eigenvalue weighted by molar-refractivity contribution is 7.89. The highest BCUT2D eigenvalue weighted by atomic mass is 32.2. The minimum absolute atomic E-state index is 0.0316. The van der Waals surface area contributed by atoms with Crippen molar-refractivity contribution in [2.24, 2.45) is 10.5 Å². The number of likely N-dealkylation sites (tertiary alicyclic amines) is 1. The van der Waals surface area contributed by atoms with Crippen LogP contribution in [0.4, 0.5) is 4.79 Å². The van der Waals surface area contributed by atoms with Crippen LogP contribution in [0.1, 0.15) is 39.2 Å². The maximum Gasteiger partial charge on any atom is 0.410 e. The topological polar surface area (TPSA) is 88.1 Å². The second-order valence-electron chi connectivity index (χ2n) is 8.23. The number of nitrogens with zero attached hydrogens (tertiary/aromatic N) is 2. The summed E-state index contributed by atoms with van der Waals surface area (Å²) in [6.07, 6.45) is 1.10. The molecule has 1 saturated heterocycles. The van der Waals surface area contributed by atoms with Crippen LogP contribution in [0.5, 0.6) is 0 Å². The van der Waals surface area contributed by atoms with Gasteiger partial charge in [0.05, 0.1) is 4.90 Å². The van der Waals surface area contributed by atoms with Crippen molar-refractivity contribution in [2.45, 2.75) is 51.0 Å². The van der Waals surface area contributed by atoms with Crippen molar-refractivity contribution in [3.05, 3.63) is 29.8 Å².